The monoisotopic (exact) mass is 112 g/mol. The molecule has 0 N–H and O–H groups in total. The van der Waals surface area contributed by atoms with E-state index in [9.17, 15) is 0 Å². The number of hydrogen-bond acceptors (Lipinski definition) is 2. The Labute approximate surface area is 48.1 Å². The van der Waals surface area contributed by atoms with Crippen molar-refractivity contribution in [3.05, 3.63) is 12.3 Å². The van der Waals surface area contributed by atoms with Crippen LogP contribution in [-0.4, -0.2) is 12.9 Å². The van der Waals surface area contributed by atoms with Crippen LogP contribution >= 0.6 is 0 Å². The number of rotatable bonds is 0. The van der Waals surface area contributed by atoms with Gasteiger partial charge in [0.15, 0.2) is 0 Å². The number of ether oxygens (including phenoxy) is 2. The highest BCUT2D eigenvalue weighted by Crippen LogP contribution is 2.27. The van der Waals surface area contributed by atoms with Gasteiger partial charge in [-0.25, -0.2) is 0 Å². The summed E-state index contributed by atoms with van der Waals surface area (Å²) in [5.74, 6) is 0.551. The van der Waals surface area contributed by atoms with Gasteiger partial charge in [0.1, 0.15) is 0 Å². The Morgan fingerprint density at radius 3 is 3.38 bits per heavy atom. The normalized spacial score (nSPS) is 42.0. The van der Waals surface area contributed by atoms with Gasteiger partial charge in [0.05, 0.1) is 12.9 Å². The Hall–Kier alpha value is -0.500. The van der Waals surface area contributed by atoms with Crippen LogP contribution in [0.2, 0.25) is 0 Å². The Bertz CT molecular complexity index is 120. The molecular formula is C6H8O2. The maximum atomic E-state index is 5.19. The lowest BCUT2D eigenvalue weighted by molar-refractivity contribution is -0.0689. The molecule has 2 atom stereocenters. The molecule has 0 aromatic carbocycles. The van der Waals surface area contributed by atoms with Gasteiger partial charge in [0.25, 0.3) is 0 Å². The fourth-order valence-electron chi connectivity index (χ4n) is 1.13. The average Bonchev–Trinajstić information content (AvgIpc) is 2.15. The Balaban J connectivity index is 2.13. The zero-order chi connectivity index (χ0) is 5.40. The van der Waals surface area contributed by atoms with E-state index in [1.54, 1.807) is 6.26 Å². The van der Waals surface area contributed by atoms with Crippen LogP contribution in [-0.2, 0) is 9.47 Å². The molecule has 2 aliphatic rings. The van der Waals surface area contributed by atoms with Gasteiger partial charge in [-0.2, -0.15) is 0 Å². The molecule has 0 bridgehead atoms. The molecule has 0 saturated carbocycles. The molecule has 0 radical (unpaired) electrons. The van der Waals surface area contributed by atoms with E-state index in [4.69, 9.17) is 9.47 Å². The SMILES string of the molecule is C1=C[C@H]2CCO[C@H]2O1. The van der Waals surface area contributed by atoms with Crippen molar-refractivity contribution in [1.29, 1.82) is 0 Å². The van der Waals surface area contributed by atoms with Crippen LogP contribution in [0.25, 0.3) is 0 Å². The van der Waals surface area contributed by atoms with E-state index >= 15 is 0 Å². The van der Waals surface area contributed by atoms with E-state index in [1.807, 2.05) is 0 Å². The predicted octanol–water partition coefficient (Wildman–Crippen LogP) is 0.893. The summed E-state index contributed by atoms with van der Waals surface area (Å²) in [7, 11) is 0. The molecule has 8 heavy (non-hydrogen) atoms. The van der Waals surface area contributed by atoms with E-state index in [2.05, 4.69) is 6.08 Å². The number of fused-ring (bicyclic) bond motifs is 1. The summed E-state index contributed by atoms with van der Waals surface area (Å²) >= 11 is 0. The minimum absolute atomic E-state index is 0.0648. The smallest absolute Gasteiger partial charge is 0.205 e. The van der Waals surface area contributed by atoms with Gasteiger partial charge in [0.2, 0.25) is 6.29 Å². The molecule has 0 aromatic rings. The van der Waals surface area contributed by atoms with Crippen LogP contribution in [0, 0.1) is 5.92 Å². The first kappa shape index (κ1) is 4.39. The second-order valence-corrected chi connectivity index (χ2v) is 2.16. The zero-order valence-corrected chi connectivity index (χ0v) is 4.54. The topological polar surface area (TPSA) is 18.5 Å². The van der Waals surface area contributed by atoms with Crippen LogP contribution in [0.15, 0.2) is 12.3 Å². The van der Waals surface area contributed by atoms with Crippen molar-refractivity contribution in [2.75, 3.05) is 6.61 Å². The molecule has 2 nitrogen and oxygen atoms in total. The van der Waals surface area contributed by atoms with Gasteiger partial charge in [-0.3, -0.25) is 0 Å². The van der Waals surface area contributed by atoms with Crippen molar-refractivity contribution in [1.82, 2.24) is 0 Å². The van der Waals surface area contributed by atoms with Crippen LogP contribution in [0.4, 0.5) is 0 Å². The van der Waals surface area contributed by atoms with Crippen molar-refractivity contribution < 1.29 is 9.47 Å². The summed E-state index contributed by atoms with van der Waals surface area (Å²) < 4.78 is 10.3. The maximum Gasteiger partial charge on any atom is 0.205 e. The lowest BCUT2D eigenvalue weighted by Crippen LogP contribution is -2.09. The highest BCUT2D eigenvalue weighted by Gasteiger charge is 2.30. The fourth-order valence-corrected chi connectivity index (χ4v) is 1.13. The van der Waals surface area contributed by atoms with Crippen LogP contribution in [0.5, 0.6) is 0 Å². The molecule has 0 unspecified atom stereocenters. The minimum Gasteiger partial charge on any atom is -0.472 e. The third kappa shape index (κ3) is 0.464. The van der Waals surface area contributed by atoms with Crippen LogP contribution < -0.4 is 0 Å². The molecule has 0 aliphatic carbocycles. The first-order valence-electron chi connectivity index (χ1n) is 2.90. The molecule has 2 heteroatoms. The largest absolute Gasteiger partial charge is 0.472 e. The molecule has 0 amide bonds. The Morgan fingerprint density at radius 2 is 2.50 bits per heavy atom. The summed E-state index contributed by atoms with van der Waals surface area (Å²) in [5, 5.41) is 0. The molecule has 1 fully saturated rings. The third-order valence-corrected chi connectivity index (χ3v) is 1.62. The van der Waals surface area contributed by atoms with Crippen molar-refractivity contribution in [2.24, 2.45) is 5.92 Å². The summed E-state index contributed by atoms with van der Waals surface area (Å²) in [6.45, 7) is 0.861. The molecule has 2 heterocycles. The van der Waals surface area contributed by atoms with Crippen molar-refractivity contribution in [3.63, 3.8) is 0 Å². The number of hydrogen-bond donors (Lipinski definition) is 0. The van der Waals surface area contributed by atoms with Crippen LogP contribution in [0.3, 0.4) is 0 Å². The first-order valence-corrected chi connectivity index (χ1v) is 2.90. The fraction of sp³-hybridized carbons (Fsp3) is 0.667. The van der Waals surface area contributed by atoms with Crippen molar-refractivity contribution in [3.8, 4) is 0 Å². The lowest BCUT2D eigenvalue weighted by Gasteiger charge is -2.05. The quantitative estimate of drug-likeness (QED) is 0.463. The van der Waals surface area contributed by atoms with Gasteiger partial charge >= 0.3 is 0 Å². The van der Waals surface area contributed by atoms with E-state index in [0.717, 1.165) is 13.0 Å². The summed E-state index contributed by atoms with van der Waals surface area (Å²) in [4.78, 5) is 0. The van der Waals surface area contributed by atoms with E-state index < -0.39 is 0 Å². The van der Waals surface area contributed by atoms with E-state index in [0.29, 0.717) is 5.92 Å². The Kier molecular flexibility index (Phi) is 0.815. The summed E-state index contributed by atoms with van der Waals surface area (Å²) in [6.07, 6.45) is 4.99. The van der Waals surface area contributed by atoms with Gasteiger partial charge in [-0.1, -0.05) is 0 Å². The minimum atomic E-state index is 0.0648. The second-order valence-electron chi connectivity index (χ2n) is 2.16. The van der Waals surface area contributed by atoms with Crippen molar-refractivity contribution >= 4 is 0 Å². The molecule has 2 aliphatic heterocycles. The summed E-state index contributed by atoms with van der Waals surface area (Å²) in [5.41, 5.74) is 0. The molecular weight excluding hydrogens is 104 g/mol. The van der Waals surface area contributed by atoms with Gasteiger partial charge < -0.3 is 9.47 Å². The average molecular weight is 112 g/mol. The molecule has 1 saturated heterocycles. The standard InChI is InChI=1S/C6H8O2/c1-3-7-6-5(1)2-4-8-6/h1,3,5-6H,2,4H2/t5-,6+/m0/s1. The van der Waals surface area contributed by atoms with E-state index in [1.165, 1.54) is 0 Å². The van der Waals surface area contributed by atoms with Crippen LogP contribution in [0.1, 0.15) is 6.42 Å². The summed E-state index contributed by atoms with van der Waals surface area (Å²) in [6, 6.07) is 0. The molecule has 2 rings (SSSR count). The van der Waals surface area contributed by atoms with Crippen molar-refractivity contribution in [2.45, 2.75) is 12.7 Å². The second kappa shape index (κ2) is 1.49. The lowest BCUT2D eigenvalue weighted by atomic mass is 10.1. The molecule has 0 aromatic heterocycles. The highest BCUT2D eigenvalue weighted by atomic mass is 16.7. The van der Waals surface area contributed by atoms with Gasteiger partial charge in [-0.05, 0) is 12.5 Å². The first-order chi connectivity index (χ1) is 3.97. The predicted molar refractivity (Wildman–Crippen MR) is 28.1 cm³/mol. The van der Waals surface area contributed by atoms with Gasteiger partial charge in [-0.15, -0.1) is 0 Å². The zero-order valence-electron chi connectivity index (χ0n) is 4.54. The molecule has 0 spiro atoms. The van der Waals surface area contributed by atoms with E-state index in [-0.39, 0.29) is 6.29 Å². The molecule has 44 valence electrons. The maximum absolute atomic E-state index is 5.19. The highest BCUT2D eigenvalue weighted by molar-refractivity contribution is 4.94. The van der Waals surface area contributed by atoms with Gasteiger partial charge in [0, 0.05) is 5.92 Å². The Morgan fingerprint density at radius 1 is 1.50 bits per heavy atom. The third-order valence-electron chi connectivity index (χ3n) is 1.62.